The number of carboxylic acid groups (broad SMARTS) is 1. The van der Waals surface area contributed by atoms with Crippen molar-refractivity contribution in [3.63, 3.8) is 0 Å². The van der Waals surface area contributed by atoms with Crippen molar-refractivity contribution in [3.05, 3.63) is 0 Å². The van der Waals surface area contributed by atoms with Crippen LogP contribution >= 0.6 is 0 Å². The Kier molecular flexibility index (Phi) is 3.32. The predicted molar refractivity (Wildman–Crippen MR) is 59.6 cm³/mol. The van der Waals surface area contributed by atoms with E-state index in [1.165, 1.54) is 32.1 Å². The molecule has 0 aliphatic heterocycles. The van der Waals surface area contributed by atoms with Crippen molar-refractivity contribution >= 4 is 5.97 Å². The largest absolute Gasteiger partial charge is 0.481 e. The molecule has 0 spiro atoms. The fourth-order valence-electron chi connectivity index (χ4n) is 3.93. The Hall–Kier alpha value is -0.530. The van der Waals surface area contributed by atoms with Crippen LogP contribution in [0.25, 0.3) is 0 Å². The summed E-state index contributed by atoms with van der Waals surface area (Å²) >= 11 is 0. The lowest BCUT2D eigenvalue weighted by atomic mass is 9.60. The average Bonchev–Trinajstić information content (AvgIpc) is 2.14. The second-order valence-corrected chi connectivity index (χ2v) is 5.62. The lowest BCUT2D eigenvalue weighted by Crippen LogP contribution is -2.35. The minimum atomic E-state index is -0.619. The van der Waals surface area contributed by atoms with Gasteiger partial charge >= 0.3 is 5.97 Å². The third-order valence-electron chi connectivity index (χ3n) is 4.46. The van der Waals surface area contributed by atoms with Gasteiger partial charge in [0.2, 0.25) is 0 Å². The second kappa shape index (κ2) is 4.54. The molecule has 1 N–H and O–H groups in total. The van der Waals surface area contributed by atoms with E-state index in [1.54, 1.807) is 0 Å². The fraction of sp³-hybridized carbons (Fsp3) is 0.923. The van der Waals surface area contributed by atoms with Gasteiger partial charge in [0.05, 0.1) is 0 Å². The molecule has 0 heterocycles. The monoisotopic (exact) mass is 210 g/mol. The highest BCUT2D eigenvalue weighted by Crippen LogP contribution is 2.48. The molecule has 15 heavy (non-hydrogen) atoms. The highest BCUT2D eigenvalue weighted by molar-refractivity contribution is 5.66. The number of hydrogen-bond acceptors (Lipinski definition) is 1. The van der Waals surface area contributed by atoms with Gasteiger partial charge < -0.3 is 5.11 Å². The Morgan fingerprint density at radius 2 is 1.87 bits per heavy atom. The zero-order valence-corrected chi connectivity index (χ0v) is 9.61. The predicted octanol–water partition coefficient (Wildman–Crippen LogP) is 3.31. The van der Waals surface area contributed by atoms with Crippen LogP contribution in [0.15, 0.2) is 0 Å². The second-order valence-electron chi connectivity index (χ2n) is 5.62. The Morgan fingerprint density at radius 3 is 2.40 bits per heavy atom. The molecule has 0 aromatic carbocycles. The van der Waals surface area contributed by atoms with Crippen molar-refractivity contribution in [1.29, 1.82) is 0 Å². The van der Waals surface area contributed by atoms with Crippen LogP contribution in [-0.4, -0.2) is 11.1 Å². The maximum atomic E-state index is 10.6. The summed E-state index contributed by atoms with van der Waals surface area (Å²) in [4.78, 5) is 10.6. The summed E-state index contributed by atoms with van der Waals surface area (Å²) in [7, 11) is 0. The molecule has 2 fully saturated rings. The molecule has 2 aliphatic carbocycles. The van der Waals surface area contributed by atoms with Crippen LogP contribution in [0.1, 0.15) is 51.9 Å². The molecule has 0 radical (unpaired) electrons. The van der Waals surface area contributed by atoms with E-state index in [4.69, 9.17) is 5.11 Å². The van der Waals surface area contributed by atoms with Crippen LogP contribution in [0.5, 0.6) is 0 Å². The van der Waals surface area contributed by atoms with Gasteiger partial charge in [-0.25, -0.2) is 0 Å². The molecule has 86 valence electrons. The van der Waals surface area contributed by atoms with Gasteiger partial charge in [-0.15, -0.1) is 0 Å². The van der Waals surface area contributed by atoms with Crippen molar-refractivity contribution in [1.82, 2.24) is 0 Å². The summed E-state index contributed by atoms with van der Waals surface area (Å²) in [6.07, 6.45) is 8.09. The van der Waals surface area contributed by atoms with E-state index >= 15 is 0 Å². The molecule has 0 amide bonds. The minimum Gasteiger partial charge on any atom is -0.481 e. The number of carbonyl (C=O) groups is 1. The van der Waals surface area contributed by atoms with E-state index in [1.807, 2.05) is 0 Å². The normalized spacial score (nSPS) is 40.1. The van der Waals surface area contributed by atoms with E-state index < -0.39 is 5.97 Å². The van der Waals surface area contributed by atoms with E-state index in [9.17, 15) is 4.79 Å². The van der Waals surface area contributed by atoms with Crippen molar-refractivity contribution < 1.29 is 9.90 Å². The number of hydrogen-bond donors (Lipinski definition) is 1. The maximum absolute atomic E-state index is 10.6. The van der Waals surface area contributed by atoms with Gasteiger partial charge in [-0.2, -0.15) is 0 Å². The fourth-order valence-corrected chi connectivity index (χ4v) is 3.93. The molecular formula is C13H22O2. The zero-order chi connectivity index (χ0) is 10.8. The Balaban J connectivity index is 1.95. The molecule has 0 saturated heterocycles. The summed E-state index contributed by atoms with van der Waals surface area (Å²) in [5.41, 5.74) is 0. The molecular weight excluding hydrogens is 188 g/mol. The van der Waals surface area contributed by atoms with Gasteiger partial charge in [0, 0.05) is 6.42 Å². The van der Waals surface area contributed by atoms with Crippen LogP contribution in [0, 0.1) is 23.7 Å². The number of carboxylic acids is 1. The molecule has 2 unspecified atom stereocenters. The van der Waals surface area contributed by atoms with Crippen LogP contribution in [-0.2, 0) is 4.79 Å². The maximum Gasteiger partial charge on any atom is 0.303 e. The SMILES string of the molecule is CC1CC2CCCC(C1)C2CCC(=O)O. The lowest BCUT2D eigenvalue weighted by Gasteiger charge is -2.45. The molecule has 0 aromatic rings. The summed E-state index contributed by atoms with van der Waals surface area (Å²) in [6.45, 7) is 2.36. The van der Waals surface area contributed by atoms with E-state index in [0.29, 0.717) is 6.42 Å². The highest BCUT2D eigenvalue weighted by Gasteiger charge is 2.38. The van der Waals surface area contributed by atoms with Gasteiger partial charge in [-0.1, -0.05) is 26.2 Å². The smallest absolute Gasteiger partial charge is 0.303 e. The number of fused-ring (bicyclic) bond motifs is 2. The first-order valence-corrected chi connectivity index (χ1v) is 6.38. The highest BCUT2D eigenvalue weighted by atomic mass is 16.4. The van der Waals surface area contributed by atoms with Gasteiger partial charge in [-0.05, 0) is 42.9 Å². The minimum absolute atomic E-state index is 0.381. The molecule has 0 aromatic heterocycles. The van der Waals surface area contributed by atoms with Gasteiger partial charge in [-0.3, -0.25) is 4.79 Å². The van der Waals surface area contributed by atoms with Crippen LogP contribution in [0.4, 0.5) is 0 Å². The first-order chi connectivity index (χ1) is 7.16. The summed E-state index contributed by atoms with van der Waals surface area (Å²) in [5.74, 6) is 2.66. The summed E-state index contributed by atoms with van der Waals surface area (Å²) in [5, 5.41) is 8.76. The zero-order valence-electron chi connectivity index (χ0n) is 9.61. The van der Waals surface area contributed by atoms with Gasteiger partial charge in [0.1, 0.15) is 0 Å². The van der Waals surface area contributed by atoms with Crippen molar-refractivity contribution in [2.45, 2.75) is 51.9 Å². The van der Waals surface area contributed by atoms with E-state index in [2.05, 4.69) is 6.92 Å². The van der Waals surface area contributed by atoms with Crippen molar-refractivity contribution in [3.8, 4) is 0 Å². The molecule has 2 heteroatoms. The van der Waals surface area contributed by atoms with Crippen LogP contribution in [0.2, 0.25) is 0 Å². The first kappa shape index (κ1) is 11.0. The van der Waals surface area contributed by atoms with E-state index in [-0.39, 0.29) is 0 Å². The lowest BCUT2D eigenvalue weighted by molar-refractivity contribution is -0.137. The Labute approximate surface area is 92.1 Å². The molecule has 2 bridgehead atoms. The molecule has 2 nitrogen and oxygen atoms in total. The van der Waals surface area contributed by atoms with Crippen LogP contribution in [0.3, 0.4) is 0 Å². The van der Waals surface area contributed by atoms with Crippen molar-refractivity contribution in [2.75, 3.05) is 0 Å². The third kappa shape index (κ3) is 2.53. The molecule has 2 saturated carbocycles. The Morgan fingerprint density at radius 1 is 1.27 bits per heavy atom. The molecule has 2 rings (SSSR count). The summed E-state index contributed by atoms with van der Waals surface area (Å²) < 4.78 is 0. The number of rotatable bonds is 3. The van der Waals surface area contributed by atoms with Crippen molar-refractivity contribution in [2.24, 2.45) is 23.7 Å². The molecule has 2 atom stereocenters. The summed E-state index contributed by atoms with van der Waals surface area (Å²) in [6, 6.07) is 0. The molecule has 2 aliphatic rings. The van der Waals surface area contributed by atoms with Gasteiger partial charge in [0.25, 0.3) is 0 Å². The van der Waals surface area contributed by atoms with Gasteiger partial charge in [0.15, 0.2) is 0 Å². The topological polar surface area (TPSA) is 37.3 Å². The third-order valence-corrected chi connectivity index (χ3v) is 4.46. The average molecular weight is 210 g/mol. The Bertz CT molecular complexity index is 223. The quantitative estimate of drug-likeness (QED) is 0.776. The van der Waals surface area contributed by atoms with Crippen LogP contribution < -0.4 is 0 Å². The van der Waals surface area contributed by atoms with E-state index in [0.717, 1.165) is 30.1 Å². The standard InChI is InChI=1S/C13H22O2/c1-9-7-10-3-2-4-11(8-9)12(10)5-6-13(14)15/h9-12H,2-8H2,1H3,(H,14,15). The first-order valence-electron chi connectivity index (χ1n) is 6.38. The number of aliphatic carboxylic acids is 1.